The van der Waals surface area contributed by atoms with Crippen molar-refractivity contribution in [3.05, 3.63) is 94.3 Å². The summed E-state index contributed by atoms with van der Waals surface area (Å²) in [5, 5.41) is 0. The van der Waals surface area contributed by atoms with Crippen LogP contribution in [0.4, 0.5) is 8.78 Å². The Bertz CT molecular complexity index is 1270. The second-order valence-electron chi connectivity index (χ2n) is 9.20. The number of ketones is 1. The first kappa shape index (κ1) is 22.4. The van der Waals surface area contributed by atoms with E-state index in [4.69, 9.17) is 9.73 Å². The Kier molecular flexibility index (Phi) is 6.22. The Balaban J connectivity index is 1.27. The molecule has 0 radical (unpaired) electrons. The van der Waals surface area contributed by atoms with E-state index in [-0.39, 0.29) is 23.6 Å². The van der Waals surface area contributed by atoms with Crippen molar-refractivity contribution in [1.82, 2.24) is 4.98 Å². The summed E-state index contributed by atoms with van der Waals surface area (Å²) in [5.41, 5.74) is 5.66. The zero-order valence-electron chi connectivity index (χ0n) is 19.1. The minimum Gasteiger partial charge on any atom is -0.487 e. The molecule has 0 bridgehead atoms. The van der Waals surface area contributed by atoms with Crippen LogP contribution in [-0.2, 0) is 6.54 Å². The number of aliphatic imine (C=N–C) groups is 1. The van der Waals surface area contributed by atoms with Crippen molar-refractivity contribution in [3.8, 4) is 5.75 Å². The Labute approximate surface area is 197 Å². The third-order valence-corrected chi connectivity index (χ3v) is 6.66. The smallest absolute Gasteiger partial charge is 0.167 e. The maximum atomic E-state index is 14.0. The van der Waals surface area contributed by atoms with Gasteiger partial charge in [0.1, 0.15) is 5.82 Å². The number of benzene rings is 2. The second kappa shape index (κ2) is 9.45. The van der Waals surface area contributed by atoms with Crippen LogP contribution in [0.2, 0.25) is 0 Å². The summed E-state index contributed by atoms with van der Waals surface area (Å²) in [6, 6.07) is 13.2. The summed E-state index contributed by atoms with van der Waals surface area (Å²) in [7, 11) is 0. The van der Waals surface area contributed by atoms with Crippen molar-refractivity contribution in [2.24, 2.45) is 10.9 Å². The summed E-state index contributed by atoms with van der Waals surface area (Å²) in [6.07, 6.45) is 5.34. The van der Waals surface area contributed by atoms with Gasteiger partial charge in [-0.2, -0.15) is 0 Å². The summed E-state index contributed by atoms with van der Waals surface area (Å²) < 4.78 is 33.0. The molecule has 174 valence electrons. The zero-order valence-corrected chi connectivity index (χ0v) is 19.1. The number of nitrogens with zero attached hydrogens (tertiary/aromatic N) is 2. The average Bonchev–Trinajstić information content (AvgIpc) is 3.24. The van der Waals surface area contributed by atoms with Gasteiger partial charge in [-0.3, -0.25) is 14.8 Å². The third-order valence-electron chi connectivity index (χ3n) is 6.66. The number of pyridine rings is 1. The molecule has 3 aromatic rings. The fraction of sp³-hybridized carbons (Fsp3) is 0.321. The molecule has 0 amide bonds. The van der Waals surface area contributed by atoms with Gasteiger partial charge >= 0.3 is 0 Å². The van der Waals surface area contributed by atoms with Gasteiger partial charge < -0.3 is 4.74 Å². The zero-order chi connectivity index (χ0) is 23.7. The monoisotopic (exact) mass is 460 g/mol. The van der Waals surface area contributed by atoms with Gasteiger partial charge in [0.05, 0.1) is 18.4 Å². The lowest BCUT2D eigenvalue weighted by molar-refractivity contribution is 0.0873. The normalized spacial score (nSPS) is 19.4. The van der Waals surface area contributed by atoms with Gasteiger partial charge in [-0.05, 0) is 74.4 Å². The van der Waals surface area contributed by atoms with Crippen LogP contribution >= 0.6 is 0 Å². The number of aromatic nitrogens is 1. The van der Waals surface area contributed by atoms with E-state index in [0.717, 1.165) is 53.4 Å². The van der Waals surface area contributed by atoms with Gasteiger partial charge in [-0.25, -0.2) is 8.78 Å². The standard InChI is InChI=1S/C28H26F2N2O2/c1-17-11-20(9-10-31-17)28-24-14-19(5-6-21(24)16-32-28)26(33)13-18-3-2-4-23(12-18)34-27-8-7-22(29)15-25(27)30/h5-11,14-15,18,23H,2-4,12-13,16H2,1H3. The van der Waals surface area contributed by atoms with Crippen molar-refractivity contribution < 1.29 is 18.3 Å². The molecule has 2 unspecified atom stereocenters. The largest absolute Gasteiger partial charge is 0.487 e. The number of rotatable bonds is 6. The molecule has 0 N–H and O–H groups in total. The number of Topliss-reactive ketones (excluding diaryl/α,β-unsaturated/α-hetero) is 1. The van der Waals surface area contributed by atoms with Crippen molar-refractivity contribution >= 4 is 11.5 Å². The van der Waals surface area contributed by atoms with Crippen molar-refractivity contribution in [3.63, 3.8) is 0 Å². The number of fused-ring (bicyclic) bond motifs is 1. The van der Waals surface area contributed by atoms with Gasteiger partial charge in [0.2, 0.25) is 0 Å². The summed E-state index contributed by atoms with van der Waals surface area (Å²) in [5.74, 6) is -0.996. The molecule has 2 aromatic carbocycles. The number of hydrogen-bond acceptors (Lipinski definition) is 4. The van der Waals surface area contributed by atoms with E-state index in [1.54, 1.807) is 6.20 Å². The lowest BCUT2D eigenvalue weighted by Gasteiger charge is -2.29. The van der Waals surface area contributed by atoms with Gasteiger partial charge in [0.25, 0.3) is 0 Å². The maximum absolute atomic E-state index is 14.0. The van der Waals surface area contributed by atoms with Gasteiger partial charge in [-0.15, -0.1) is 0 Å². The molecule has 1 aromatic heterocycles. The minimum absolute atomic E-state index is 0.0650. The summed E-state index contributed by atoms with van der Waals surface area (Å²) in [4.78, 5) is 22.1. The van der Waals surface area contributed by atoms with Crippen LogP contribution < -0.4 is 4.74 Å². The lowest BCUT2D eigenvalue weighted by Crippen LogP contribution is -2.27. The molecule has 1 aliphatic carbocycles. The van der Waals surface area contributed by atoms with Crippen LogP contribution in [0.3, 0.4) is 0 Å². The number of hydrogen-bond donors (Lipinski definition) is 0. The quantitative estimate of drug-likeness (QED) is 0.410. The molecule has 1 saturated carbocycles. The Hall–Kier alpha value is -3.41. The number of carbonyl (C=O) groups is 1. The number of ether oxygens (including phenoxy) is 1. The molecule has 2 atom stereocenters. The van der Waals surface area contributed by atoms with Crippen LogP contribution in [0.5, 0.6) is 5.75 Å². The molecule has 2 heterocycles. The van der Waals surface area contributed by atoms with Gasteiger partial charge in [0, 0.05) is 41.1 Å². The fourth-order valence-corrected chi connectivity index (χ4v) is 4.96. The first-order valence-electron chi connectivity index (χ1n) is 11.7. The van der Waals surface area contributed by atoms with E-state index in [2.05, 4.69) is 4.98 Å². The highest BCUT2D eigenvalue weighted by atomic mass is 19.1. The molecule has 1 aliphatic heterocycles. The van der Waals surface area contributed by atoms with Gasteiger partial charge in [-0.1, -0.05) is 12.1 Å². The van der Waals surface area contributed by atoms with E-state index in [9.17, 15) is 13.6 Å². The molecular weight excluding hydrogens is 434 g/mol. The van der Waals surface area contributed by atoms with Crippen molar-refractivity contribution in [2.45, 2.75) is 51.7 Å². The summed E-state index contributed by atoms with van der Waals surface area (Å²) >= 11 is 0. The molecule has 1 fully saturated rings. The molecule has 2 aliphatic rings. The van der Waals surface area contributed by atoms with E-state index in [0.29, 0.717) is 24.9 Å². The predicted molar refractivity (Wildman–Crippen MR) is 126 cm³/mol. The molecule has 0 spiro atoms. The average molecular weight is 461 g/mol. The van der Waals surface area contributed by atoms with Crippen LogP contribution in [0.1, 0.15) is 64.8 Å². The lowest BCUT2D eigenvalue weighted by atomic mass is 9.82. The van der Waals surface area contributed by atoms with Crippen molar-refractivity contribution in [1.29, 1.82) is 0 Å². The van der Waals surface area contributed by atoms with Crippen LogP contribution in [0, 0.1) is 24.5 Å². The first-order chi connectivity index (χ1) is 16.5. The predicted octanol–water partition coefficient (Wildman–Crippen LogP) is 6.23. The molecule has 34 heavy (non-hydrogen) atoms. The maximum Gasteiger partial charge on any atom is 0.167 e. The van der Waals surface area contributed by atoms with Gasteiger partial charge in [0.15, 0.2) is 17.3 Å². The van der Waals surface area contributed by atoms with E-state index < -0.39 is 11.6 Å². The molecule has 4 nitrogen and oxygen atoms in total. The van der Waals surface area contributed by atoms with E-state index >= 15 is 0 Å². The highest BCUT2D eigenvalue weighted by Crippen LogP contribution is 2.32. The highest BCUT2D eigenvalue weighted by Gasteiger charge is 2.27. The fourth-order valence-electron chi connectivity index (χ4n) is 4.96. The Morgan fingerprint density at radius 1 is 1.09 bits per heavy atom. The Morgan fingerprint density at radius 2 is 1.97 bits per heavy atom. The molecule has 5 rings (SSSR count). The number of halogens is 2. The molecule has 6 heteroatoms. The molecular formula is C28H26F2N2O2. The summed E-state index contributed by atoms with van der Waals surface area (Å²) in [6.45, 7) is 2.56. The minimum atomic E-state index is -0.696. The Morgan fingerprint density at radius 3 is 2.79 bits per heavy atom. The third kappa shape index (κ3) is 4.76. The molecule has 0 saturated heterocycles. The van der Waals surface area contributed by atoms with E-state index in [1.807, 2.05) is 37.3 Å². The van der Waals surface area contributed by atoms with Crippen molar-refractivity contribution in [2.75, 3.05) is 0 Å². The topological polar surface area (TPSA) is 51.5 Å². The second-order valence-corrected chi connectivity index (χ2v) is 9.20. The van der Waals surface area contributed by atoms with Crippen LogP contribution in [0.15, 0.2) is 59.7 Å². The van der Waals surface area contributed by atoms with Crippen LogP contribution in [0.25, 0.3) is 0 Å². The van der Waals surface area contributed by atoms with Crippen LogP contribution in [-0.4, -0.2) is 22.6 Å². The number of aryl methyl sites for hydroxylation is 1. The van der Waals surface area contributed by atoms with E-state index in [1.165, 1.54) is 12.1 Å². The first-order valence-corrected chi connectivity index (χ1v) is 11.7. The highest BCUT2D eigenvalue weighted by molar-refractivity contribution is 6.16. The SMILES string of the molecule is Cc1cc(C2=NCc3ccc(C(=O)CC4CCCC(Oc5ccc(F)cc5F)C4)cc32)ccn1. The number of carbonyl (C=O) groups excluding carboxylic acids is 1.